The second-order valence-electron chi connectivity index (χ2n) is 15.7. The van der Waals surface area contributed by atoms with E-state index >= 15 is 0 Å². The molecule has 4 aromatic carbocycles. The molecule has 4 heteroatoms. The first-order valence-corrected chi connectivity index (χ1v) is 19.3. The van der Waals surface area contributed by atoms with Crippen molar-refractivity contribution in [1.82, 2.24) is 0 Å². The standard InChI is InChI=1S/C46H66N4/c1-13-29-17-33(18-30(14-2)43(29)47)41(34-19-31(15-3)44(48)32(16-4)20-34)42(35-21-37(25(5)6)45(49)38(22-35)26(7)8)36-23-39(27(9)10)46(50)40(24-36)28(11)12/h17-28,41-42H,13-16,47-50H2,1-12H3. The predicted molar refractivity (Wildman–Crippen MR) is 221 cm³/mol. The largest absolute Gasteiger partial charge is 0.398 e. The lowest BCUT2D eigenvalue weighted by Gasteiger charge is -2.34. The molecule has 0 atom stereocenters. The maximum Gasteiger partial charge on any atom is 0.0384 e. The summed E-state index contributed by atoms with van der Waals surface area (Å²) < 4.78 is 0. The van der Waals surface area contributed by atoms with E-state index < -0.39 is 0 Å². The second kappa shape index (κ2) is 16.0. The molecule has 0 heterocycles. The number of hydrogen-bond acceptors (Lipinski definition) is 4. The number of nitrogens with two attached hydrogens (primary N) is 4. The summed E-state index contributed by atoms with van der Waals surface area (Å²) in [6.07, 6.45) is 3.50. The average Bonchev–Trinajstić information content (AvgIpc) is 3.07. The molecule has 0 aliphatic rings. The maximum absolute atomic E-state index is 6.98. The van der Waals surface area contributed by atoms with E-state index in [1.807, 2.05) is 0 Å². The van der Waals surface area contributed by atoms with Crippen molar-refractivity contribution < 1.29 is 0 Å². The Labute approximate surface area is 304 Å². The second-order valence-corrected chi connectivity index (χ2v) is 15.7. The molecule has 0 bridgehead atoms. The predicted octanol–water partition coefficient (Wildman–Crippen LogP) is 11.7. The number of anilines is 4. The lowest BCUT2D eigenvalue weighted by Crippen LogP contribution is -2.19. The van der Waals surface area contributed by atoms with Crippen molar-refractivity contribution in [1.29, 1.82) is 0 Å². The molecule has 4 rings (SSSR count). The van der Waals surface area contributed by atoms with Gasteiger partial charge in [-0.1, -0.05) is 132 Å². The van der Waals surface area contributed by atoms with Gasteiger partial charge in [0.25, 0.3) is 0 Å². The highest BCUT2D eigenvalue weighted by Crippen LogP contribution is 2.49. The van der Waals surface area contributed by atoms with E-state index in [9.17, 15) is 0 Å². The number of nitrogen functional groups attached to an aromatic ring is 4. The summed E-state index contributed by atoms with van der Waals surface area (Å²) in [5.41, 5.74) is 46.1. The van der Waals surface area contributed by atoms with Crippen LogP contribution in [0.25, 0.3) is 0 Å². The van der Waals surface area contributed by atoms with Gasteiger partial charge in [-0.3, -0.25) is 0 Å². The lowest BCUT2D eigenvalue weighted by molar-refractivity contribution is 0.680. The topological polar surface area (TPSA) is 104 Å². The number of benzene rings is 4. The molecule has 4 nitrogen and oxygen atoms in total. The van der Waals surface area contributed by atoms with E-state index in [0.717, 1.165) is 48.4 Å². The first-order valence-electron chi connectivity index (χ1n) is 19.3. The van der Waals surface area contributed by atoms with Crippen molar-refractivity contribution >= 4 is 22.7 Å². The zero-order valence-corrected chi connectivity index (χ0v) is 33.2. The van der Waals surface area contributed by atoms with Gasteiger partial charge in [-0.15, -0.1) is 0 Å². The number of hydrogen-bond donors (Lipinski definition) is 4. The summed E-state index contributed by atoms with van der Waals surface area (Å²) in [4.78, 5) is 0. The van der Waals surface area contributed by atoms with Gasteiger partial charge in [0.1, 0.15) is 0 Å². The van der Waals surface area contributed by atoms with Crippen molar-refractivity contribution in [3.8, 4) is 0 Å². The number of aryl methyl sites for hydroxylation is 4. The Morgan fingerprint density at radius 1 is 0.340 bits per heavy atom. The van der Waals surface area contributed by atoms with E-state index in [-0.39, 0.29) is 35.5 Å². The molecule has 8 N–H and O–H groups in total. The molecule has 0 aliphatic heterocycles. The zero-order chi connectivity index (χ0) is 37.2. The average molecular weight is 675 g/mol. The lowest BCUT2D eigenvalue weighted by atomic mass is 9.70. The first-order chi connectivity index (χ1) is 23.6. The van der Waals surface area contributed by atoms with Crippen LogP contribution in [0.15, 0.2) is 48.5 Å². The van der Waals surface area contributed by atoms with Crippen molar-refractivity contribution in [2.75, 3.05) is 22.9 Å². The molecule has 0 unspecified atom stereocenters. The first kappa shape index (κ1) is 38.9. The van der Waals surface area contributed by atoms with E-state index in [2.05, 4.69) is 132 Å². The Morgan fingerprint density at radius 2 is 0.540 bits per heavy atom. The highest BCUT2D eigenvalue weighted by atomic mass is 14.6. The van der Waals surface area contributed by atoms with Gasteiger partial charge in [-0.25, -0.2) is 0 Å². The van der Waals surface area contributed by atoms with Gasteiger partial charge in [-0.2, -0.15) is 0 Å². The van der Waals surface area contributed by atoms with Gasteiger partial charge in [0.15, 0.2) is 0 Å². The molecular weight excluding hydrogens is 609 g/mol. The van der Waals surface area contributed by atoms with E-state index in [0.29, 0.717) is 0 Å². The van der Waals surface area contributed by atoms with Crippen molar-refractivity contribution in [3.05, 3.63) is 115 Å². The maximum atomic E-state index is 6.98. The van der Waals surface area contributed by atoms with Gasteiger partial charge in [0.2, 0.25) is 0 Å². The van der Waals surface area contributed by atoms with Crippen LogP contribution in [0.5, 0.6) is 0 Å². The third kappa shape index (κ3) is 7.55. The Kier molecular flexibility index (Phi) is 12.4. The van der Waals surface area contributed by atoms with Crippen LogP contribution in [0.3, 0.4) is 0 Å². The SMILES string of the molecule is CCc1cc(C(c2cc(CC)c(N)c(CC)c2)C(c2cc(C(C)C)c(N)c(C(C)C)c2)c2cc(C(C)C)c(N)c(C(C)C)c2)cc(CC)c1N. The summed E-state index contributed by atoms with van der Waals surface area (Å²) in [6, 6.07) is 19.1. The monoisotopic (exact) mass is 675 g/mol. The van der Waals surface area contributed by atoms with Crippen LogP contribution in [-0.2, 0) is 25.7 Å². The highest BCUT2D eigenvalue weighted by molar-refractivity contribution is 5.65. The zero-order valence-electron chi connectivity index (χ0n) is 33.2. The van der Waals surface area contributed by atoms with Crippen LogP contribution < -0.4 is 22.9 Å². The van der Waals surface area contributed by atoms with Crippen LogP contribution in [0, 0.1) is 0 Å². The fourth-order valence-corrected chi connectivity index (χ4v) is 8.01. The van der Waals surface area contributed by atoms with Gasteiger partial charge in [0.05, 0.1) is 0 Å². The summed E-state index contributed by atoms with van der Waals surface area (Å²) in [5, 5.41) is 0. The summed E-state index contributed by atoms with van der Waals surface area (Å²) in [7, 11) is 0. The molecule has 0 amide bonds. The molecule has 4 aromatic rings. The smallest absolute Gasteiger partial charge is 0.0384 e. The summed E-state index contributed by atoms with van der Waals surface area (Å²) in [6.45, 7) is 26.9. The van der Waals surface area contributed by atoms with Gasteiger partial charge < -0.3 is 22.9 Å². The van der Waals surface area contributed by atoms with Crippen LogP contribution in [0.1, 0.15) is 185 Å². The van der Waals surface area contributed by atoms with Gasteiger partial charge in [-0.05, 0) is 116 Å². The fourth-order valence-electron chi connectivity index (χ4n) is 8.01. The highest BCUT2D eigenvalue weighted by Gasteiger charge is 2.33. The van der Waals surface area contributed by atoms with Crippen LogP contribution in [0.2, 0.25) is 0 Å². The molecule has 0 fully saturated rings. The fraction of sp³-hybridized carbons (Fsp3) is 0.478. The van der Waals surface area contributed by atoms with Crippen molar-refractivity contribution in [2.45, 2.75) is 144 Å². The van der Waals surface area contributed by atoms with Crippen molar-refractivity contribution in [3.63, 3.8) is 0 Å². The van der Waals surface area contributed by atoms with E-state index in [1.165, 1.54) is 66.8 Å². The van der Waals surface area contributed by atoms with E-state index in [1.54, 1.807) is 0 Å². The Morgan fingerprint density at radius 3 is 0.720 bits per heavy atom. The van der Waals surface area contributed by atoms with Crippen LogP contribution >= 0.6 is 0 Å². The minimum Gasteiger partial charge on any atom is -0.398 e. The molecule has 0 saturated carbocycles. The van der Waals surface area contributed by atoms with E-state index in [4.69, 9.17) is 22.9 Å². The minimum atomic E-state index is -0.0303. The Bertz CT molecular complexity index is 1570. The van der Waals surface area contributed by atoms with Gasteiger partial charge >= 0.3 is 0 Å². The summed E-state index contributed by atoms with van der Waals surface area (Å²) in [5.74, 6) is 1.06. The molecular formula is C46H66N4. The minimum absolute atomic E-state index is 0.0188. The third-order valence-electron chi connectivity index (χ3n) is 11.1. The molecule has 0 aromatic heterocycles. The molecule has 0 saturated heterocycles. The quantitative estimate of drug-likeness (QED) is 0.106. The van der Waals surface area contributed by atoms with Crippen LogP contribution in [0.4, 0.5) is 22.7 Å². The summed E-state index contributed by atoms with van der Waals surface area (Å²) >= 11 is 0. The van der Waals surface area contributed by atoms with Crippen LogP contribution in [-0.4, -0.2) is 0 Å². The molecule has 0 radical (unpaired) electrons. The normalized spacial score (nSPS) is 12.1. The molecule has 0 aliphatic carbocycles. The Balaban J connectivity index is 2.31. The van der Waals surface area contributed by atoms with Gasteiger partial charge in [0, 0.05) is 34.6 Å². The Hall–Kier alpha value is -3.92. The molecule has 0 spiro atoms. The number of rotatable bonds is 13. The molecule has 270 valence electrons. The molecule has 50 heavy (non-hydrogen) atoms. The van der Waals surface area contributed by atoms with Crippen molar-refractivity contribution in [2.24, 2.45) is 0 Å². The third-order valence-corrected chi connectivity index (χ3v) is 11.1.